The first-order chi connectivity index (χ1) is 9.38. The van der Waals surface area contributed by atoms with E-state index in [1.54, 1.807) is 18.2 Å². The first kappa shape index (κ1) is 16.2. The van der Waals surface area contributed by atoms with Gasteiger partial charge in [0.15, 0.2) is 0 Å². The van der Waals surface area contributed by atoms with Gasteiger partial charge in [-0.25, -0.2) is 13.1 Å². The molecule has 0 bridgehead atoms. The average Bonchev–Trinajstić information content (AvgIpc) is 2.39. The van der Waals surface area contributed by atoms with Crippen molar-refractivity contribution in [1.29, 1.82) is 0 Å². The summed E-state index contributed by atoms with van der Waals surface area (Å²) in [5.74, 6) is 0. The van der Waals surface area contributed by atoms with E-state index in [1.165, 1.54) is 0 Å². The summed E-state index contributed by atoms with van der Waals surface area (Å²) in [5.41, 5.74) is 0.883. The summed E-state index contributed by atoms with van der Waals surface area (Å²) in [4.78, 5) is 0.210. The highest BCUT2D eigenvalue weighted by Gasteiger charge is 2.17. The molecule has 0 unspecified atom stereocenters. The third-order valence-electron chi connectivity index (χ3n) is 2.54. The summed E-state index contributed by atoms with van der Waals surface area (Å²) in [6.07, 6.45) is 0. The van der Waals surface area contributed by atoms with Gasteiger partial charge in [0.2, 0.25) is 10.0 Å². The van der Waals surface area contributed by atoms with Gasteiger partial charge in [0.25, 0.3) is 0 Å². The first-order valence-electron chi connectivity index (χ1n) is 5.58. The Morgan fingerprint density at radius 3 is 2.35 bits per heavy atom. The van der Waals surface area contributed by atoms with Gasteiger partial charge in [-0.3, -0.25) is 0 Å². The molecule has 0 atom stereocenters. The predicted molar refractivity (Wildman–Crippen MR) is 90.0 cm³/mol. The Hall–Kier alpha value is -0.210. The van der Waals surface area contributed by atoms with Crippen molar-refractivity contribution in [3.63, 3.8) is 0 Å². The maximum Gasteiger partial charge on any atom is 0.242 e. The van der Waals surface area contributed by atoms with E-state index >= 15 is 0 Å². The molecule has 2 rings (SSSR count). The number of nitrogens with one attached hydrogen (secondary N) is 1. The second-order valence-electron chi connectivity index (χ2n) is 4.03. The van der Waals surface area contributed by atoms with Crippen LogP contribution in [0.1, 0.15) is 5.56 Å². The molecule has 0 spiro atoms. The molecule has 0 aliphatic carbocycles. The standard InChI is InChI=1S/C13H10Br3NO2S/c14-10-3-1-2-9(6-10)8-17-20(18,19)13-7-11(15)4-5-12(13)16/h1-7,17H,8H2. The maximum atomic E-state index is 12.3. The van der Waals surface area contributed by atoms with Gasteiger partial charge in [-0.15, -0.1) is 0 Å². The van der Waals surface area contributed by atoms with E-state index in [4.69, 9.17) is 0 Å². The van der Waals surface area contributed by atoms with E-state index in [9.17, 15) is 8.42 Å². The molecule has 0 saturated heterocycles. The number of rotatable bonds is 4. The van der Waals surface area contributed by atoms with Crippen molar-refractivity contribution < 1.29 is 8.42 Å². The third kappa shape index (κ3) is 4.14. The molecule has 106 valence electrons. The van der Waals surface area contributed by atoms with Crippen molar-refractivity contribution >= 4 is 57.8 Å². The Morgan fingerprint density at radius 2 is 1.65 bits per heavy atom. The Kier molecular flexibility index (Phi) is 5.42. The molecule has 0 saturated carbocycles. The normalized spacial score (nSPS) is 11.6. The summed E-state index contributed by atoms with van der Waals surface area (Å²) in [6, 6.07) is 12.5. The Morgan fingerprint density at radius 1 is 0.950 bits per heavy atom. The minimum atomic E-state index is -3.57. The van der Waals surface area contributed by atoms with Crippen LogP contribution >= 0.6 is 47.8 Å². The lowest BCUT2D eigenvalue weighted by Crippen LogP contribution is -2.23. The van der Waals surface area contributed by atoms with Crippen LogP contribution in [-0.4, -0.2) is 8.42 Å². The molecule has 2 aromatic carbocycles. The molecule has 2 aromatic rings. The number of benzene rings is 2. The average molecular weight is 484 g/mol. The van der Waals surface area contributed by atoms with Crippen LogP contribution in [0.25, 0.3) is 0 Å². The highest BCUT2D eigenvalue weighted by Crippen LogP contribution is 2.25. The topological polar surface area (TPSA) is 46.2 Å². The second-order valence-corrected chi connectivity index (χ2v) is 8.45. The monoisotopic (exact) mass is 481 g/mol. The van der Waals surface area contributed by atoms with Gasteiger partial charge in [0.1, 0.15) is 0 Å². The van der Waals surface area contributed by atoms with Crippen LogP contribution in [0.15, 0.2) is 60.8 Å². The smallest absolute Gasteiger partial charge is 0.207 e. The van der Waals surface area contributed by atoms with Crippen molar-refractivity contribution in [1.82, 2.24) is 4.72 Å². The largest absolute Gasteiger partial charge is 0.242 e. The van der Waals surface area contributed by atoms with Gasteiger partial charge in [0, 0.05) is 20.0 Å². The molecule has 0 aliphatic rings. The third-order valence-corrected chi connectivity index (χ3v) is 5.92. The predicted octanol–water partition coefficient (Wildman–Crippen LogP) is 4.45. The van der Waals surface area contributed by atoms with Crippen molar-refractivity contribution in [2.24, 2.45) is 0 Å². The minimum absolute atomic E-state index is 0.210. The molecule has 0 heterocycles. The zero-order valence-electron chi connectivity index (χ0n) is 10.1. The fourth-order valence-electron chi connectivity index (χ4n) is 1.59. The van der Waals surface area contributed by atoms with Crippen LogP contribution in [0.4, 0.5) is 0 Å². The number of halogens is 3. The summed E-state index contributed by atoms with van der Waals surface area (Å²) in [5, 5.41) is 0. The van der Waals surface area contributed by atoms with Crippen molar-refractivity contribution in [3.05, 3.63) is 61.4 Å². The van der Waals surface area contributed by atoms with E-state index in [0.29, 0.717) is 8.95 Å². The summed E-state index contributed by atoms with van der Waals surface area (Å²) < 4.78 is 29.3. The summed E-state index contributed by atoms with van der Waals surface area (Å²) >= 11 is 9.89. The molecule has 1 N–H and O–H groups in total. The van der Waals surface area contributed by atoms with Crippen LogP contribution in [0.5, 0.6) is 0 Å². The molecular weight excluding hydrogens is 474 g/mol. The lowest BCUT2D eigenvalue weighted by Gasteiger charge is -2.09. The SMILES string of the molecule is O=S(=O)(NCc1cccc(Br)c1)c1cc(Br)ccc1Br. The van der Waals surface area contributed by atoms with Gasteiger partial charge >= 0.3 is 0 Å². The van der Waals surface area contributed by atoms with Gasteiger partial charge in [-0.1, -0.05) is 44.0 Å². The Balaban J connectivity index is 2.21. The molecule has 0 amide bonds. The molecule has 0 fully saturated rings. The van der Waals surface area contributed by atoms with E-state index < -0.39 is 10.0 Å². The molecule has 20 heavy (non-hydrogen) atoms. The van der Waals surface area contributed by atoms with Crippen molar-refractivity contribution in [2.45, 2.75) is 11.4 Å². The number of sulfonamides is 1. The second kappa shape index (κ2) is 6.70. The molecular formula is C13H10Br3NO2S. The zero-order valence-corrected chi connectivity index (χ0v) is 15.7. The molecule has 0 aliphatic heterocycles. The fraction of sp³-hybridized carbons (Fsp3) is 0.0769. The van der Waals surface area contributed by atoms with Crippen LogP contribution in [0.2, 0.25) is 0 Å². The molecule has 3 nitrogen and oxygen atoms in total. The Bertz CT molecular complexity index is 732. The van der Waals surface area contributed by atoms with Crippen molar-refractivity contribution in [3.8, 4) is 0 Å². The van der Waals surface area contributed by atoms with E-state index in [0.717, 1.165) is 10.0 Å². The van der Waals surface area contributed by atoms with Crippen molar-refractivity contribution in [2.75, 3.05) is 0 Å². The summed E-state index contributed by atoms with van der Waals surface area (Å²) in [7, 11) is -3.57. The highest BCUT2D eigenvalue weighted by molar-refractivity contribution is 9.11. The lowest BCUT2D eigenvalue weighted by molar-refractivity contribution is 0.580. The fourth-order valence-corrected chi connectivity index (χ4v) is 4.55. The molecule has 7 heteroatoms. The maximum absolute atomic E-state index is 12.3. The van der Waals surface area contributed by atoms with Crippen LogP contribution in [0.3, 0.4) is 0 Å². The lowest BCUT2D eigenvalue weighted by atomic mass is 10.2. The van der Waals surface area contributed by atoms with Gasteiger partial charge in [-0.2, -0.15) is 0 Å². The summed E-state index contributed by atoms with van der Waals surface area (Å²) in [6.45, 7) is 0.237. The highest BCUT2D eigenvalue weighted by atomic mass is 79.9. The molecule has 0 aromatic heterocycles. The quantitative estimate of drug-likeness (QED) is 0.698. The Labute approximate surface area is 143 Å². The number of hydrogen-bond acceptors (Lipinski definition) is 2. The van der Waals surface area contributed by atoms with Crippen LogP contribution in [-0.2, 0) is 16.6 Å². The molecule has 0 radical (unpaired) electrons. The van der Waals surface area contributed by atoms with Crippen LogP contribution < -0.4 is 4.72 Å². The minimum Gasteiger partial charge on any atom is -0.207 e. The first-order valence-corrected chi connectivity index (χ1v) is 9.44. The number of hydrogen-bond donors (Lipinski definition) is 1. The van der Waals surface area contributed by atoms with E-state index in [1.807, 2.05) is 24.3 Å². The van der Waals surface area contributed by atoms with Gasteiger partial charge < -0.3 is 0 Å². The van der Waals surface area contributed by atoms with E-state index in [-0.39, 0.29) is 11.4 Å². The van der Waals surface area contributed by atoms with Gasteiger partial charge in [-0.05, 0) is 51.8 Å². The zero-order chi connectivity index (χ0) is 14.8. The van der Waals surface area contributed by atoms with Gasteiger partial charge in [0.05, 0.1) is 4.90 Å². The van der Waals surface area contributed by atoms with E-state index in [2.05, 4.69) is 52.5 Å². The van der Waals surface area contributed by atoms with Crippen LogP contribution in [0, 0.1) is 0 Å².